The highest BCUT2D eigenvalue weighted by molar-refractivity contribution is 5.99. The van der Waals surface area contributed by atoms with Crippen LogP contribution in [0.2, 0.25) is 0 Å². The fourth-order valence-corrected chi connectivity index (χ4v) is 5.28. The monoisotopic (exact) mass is 512 g/mol. The molecule has 0 atom stereocenters. The van der Waals surface area contributed by atoms with Gasteiger partial charge in [-0.05, 0) is 86.9 Å². The number of nitrogens with two attached hydrogens (primary N) is 1. The number of hydrogen-bond acceptors (Lipinski definition) is 6. The van der Waals surface area contributed by atoms with E-state index in [1.54, 1.807) is 4.68 Å². The number of aryl methyl sites for hydroxylation is 4. The van der Waals surface area contributed by atoms with Crippen LogP contribution in [0.3, 0.4) is 0 Å². The number of carbonyl (C=O) groups is 1. The number of urea groups is 1. The number of fused-ring (bicyclic) bond motifs is 1. The number of nitrogens with one attached hydrogen (secondary N) is 3. The van der Waals surface area contributed by atoms with Gasteiger partial charge in [0.2, 0.25) is 5.95 Å². The van der Waals surface area contributed by atoms with Crippen molar-refractivity contribution in [2.24, 2.45) is 12.8 Å². The zero-order chi connectivity index (χ0) is 26.8. The Morgan fingerprint density at radius 3 is 2.47 bits per heavy atom. The largest absolute Gasteiger partial charge is 0.351 e. The van der Waals surface area contributed by atoms with Crippen LogP contribution in [0, 0.1) is 13.8 Å². The van der Waals surface area contributed by atoms with E-state index in [2.05, 4.69) is 51.2 Å². The summed E-state index contributed by atoms with van der Waals surface area (Å²) in [5.41, 5.74) is 13.0. The number of aromatic nitrogens is 4. The SMILES string of the molecule is CCc1cc(-c2cc(NC(=O)Nc3cc(C)cc(C)c3)nn2C)cc2cnc(NC3CCC(N)CC3)nc12. The summed E-state index contributed by atoms with van der Waals surface area (Å²) in [5, 5.41) is 14.7. The van der Waals surface area contributed by atoms with Gasteiger partial charge in [-0.25, -0.2) is 14.8 Å². The number of carbonyl (C=O) groups excluding carboxylic acids is 1. The third-order valence-corrected chi connectivity index (χ3v) is 7.14. The molecule has 2 amide bonds. The van der Waals surface area contributed by atoms with E-state index in [1.807, 2.05) is 45.3 Å². The van der Waals surface area contributed by atoms with E-state index < -0.39 is 0 Å². The molecule has 2 aromatic carbocycles. The first-order valence-corrected chi connectivity index (χ1v) is 13.3. The highest BCUT2D eigenvalue weighted by Gasteiger charge is 2.20. The van der Waals surface area contributed by atoms with Crippen molar-refractivity contribution in [1.29, 1.82) is 0 Å². The summed E-state index contributed by atoms with van der Waals surface area (Å²) >= 11 is 0. The average Bonchev–Trinajstić information content (AvgIpc) is 3.23. The third-order valence-electron chi connectivity index (χ3n) is 7.14. The molecular formula is C29H36N8O. The van der Waals surface area contributed by atoms with Crippen molar-refractivity contribution in [1.82, 2.24) is 19.7 Å². The average molecular weight is 513 g/mol. The van der Waals surface area contributed by atoms with Crippen LogP contribution in [-0.2, 0) is 13.5 Å². The molecule has 1 saturated carbocycles. The maximum atomic E-state index is 12.6. The summed E-state index contributed by atoms with van der Waals surface area (Å²) in [6.45, 7) is 6.14. The van der Waals surface area contributed by atoms with Crippen molar-refractivity contribution in [2.75, 3.05) is 16.0 Å². The number of anilines is 3. The standard InChI is InChI=1S/C29H36N8O/c1-5-19-13-20(14-21-16-31-28(35-27(19)21)32-23-8-6-22(30)7-9-23)25-15-26(36-37(25)4)34-29(38)33-24-11-17(2)10-18(3)12-24/h10-16,22-23H,5-9,30H2,1-4H3,(H,31,32,35)(H2,33,34,36,38). The Balaban J connectivity index is 1.35. The van der Waals surface area contributed by atoms with Gasteiger partial charge in [-0.3, -0.25) is 10.00 Å². The molecule has 1 aliphatic rings. The number of hydrogen-bond donors (Lipinski definition) is 4. The Morgan fingerprint density at radius 1 is 1.03 bits per heavy atom. The molecule has 4 aromatic rings. The molecule has 38 heavy (non-hydrogen) atoms. The molecule has 198 valence electrons. The lowest BCUT2D eigenvalue weighted by Crippen LogP contribution is -2.33. The number of nitrogens with zero attached hydrogens (tertiary/aromatic N) is 4. The second-order valence-electron chi connectivity index (χ2n) is 10.4. The smallest absolute Gasteiger partial charge is 0.324 e. The molecule has 2 heterocycles. The minimum atomic E-state index is -0.333. The van der Waals surface area contributed by atoms with Crippen molar-refractivity contribution in [3.05, 3.63) is 59.3 Å². The predicted octanol–water partition coefficient (Wildman–Crippen LogP) is 5.54. The second kappa shape index (κ2) is 10.8. The van der Waals surface area contributed by atoms with E-state index in [0.29, 0.717) is 23.8 Å². The Hall–Kier alpha value is -3.98. The quantitative estimate of drug-likeness (QED) is 0.269. The molecule has 0 saturated heterocycles. The molecule has 5 N–H and O–H groups in total. The predicted molar refractivity (Wildman–Crippen MR) is 154 cm³/mol. The van der Waals surface area contributed by atoms with E-state index in [4.69, 9.17) is 10.7 Å². The van der Waals surface area contributed by atoms with Crippen LogP contribution in [0.15, 0.2) is 42.6 Å². The highest BCUT2D eigenvalue weighted by Crippen LogP contribution is 2.29. The van der Waals surface area contributed by atoms with Crippen molar-refractivity contribution in [3.63, 3.8) is 0 Å². The molecule has 0 radical (unpaired) electrons. The molecular weight excluding hydrogens is 476 g/mol. The fourth-order valence-electron chi connectivity index (χ4n) is 5.28. The van der Waals surface area contributed by atoms with E-state index in [0.717, 1.165) is 76.6 Å². The van der Waals surface area contributed by atoms with E-state index >= 15 is 0 Å². The maximum absolute atomic E-state index is 12.6. The van der Waals surface area contributed by atoms with Crippen LogP contribution in [0.1, 0.15) is 49.3 Å². The summed E-state index contributed by atoms with van der Waals surface area (Å²) < 4.78 is 1.78. The summed E-state index contributed by atoms with van der Waals surface area (Å²) in [6.07, 6.45) is 6.87. The third kappa shape index (κ3) is 5.78. The first kappa shape index (κ1) is 25.7. The molecule has 9 nitrogen and oxygen atoms in total. The molecule has 0 bridgehead atoms. The van der Waals surface area contributed by atoms with E-state index in [9.17, 15) is 4.79 Å². The first-order valence-electron chi connectivity index (χ1n) is 13.3. The van der Waals surface area contributed by atoms with Gasteiger partial charge in [0, 0.05) is 48.0 Å². The van der Waals surface area contributed by atoms with Crippen molar-refractivity contribution >= 4 is 34.4 Å². The van der Waals surface area contributed by atoms with Gasteiger partial charge in [-0.15, -0.1) is 0 Å². The molecule has 0 spiro atoms. The van der Waals surface area contributed by atoms with Gasteiger partial charge in [0.15, 0.2) is 5.82 Å². The number of amides is 2. The zero-order valence-electron chi connectivity index (χ0n) is 22.5. The van der Waals surface area contributed by atoms with Crippen LogP contribution < -0.4 is 21.7 Å². The Kier molecular flexibility index (Phi) is 7.28. The van der Waals surface area contributed by atoms with Gasteiger partial charge in [0.25, 0.3) is 0 Å². The topological polar surface area (TPSA) is 123 Å². The number of benzene rings is 2. The Labute approximate surface area is 223 Å². The van der Waals surface area contributed by atoms with Crippen molar-refractivity contribution in [3.8, 4) is 11.3 Å². The Morgan fingerprint density at radius 2 is 1.76 bits per heavy atom. The van der Waals surface area contributed by atoms with Gasteiger partial charge in [0.05, 0.1) is 11.2 Å². The van der Waals surface area contributed by atoms with E-state index in [1.165, 1.54) is 0 Å². The summed E-state index contributed by atoms with van der Waals surface area (Å²) in [4.78, 5) is 22.1. The maximum Gasteiger partial charge on any atom is 0.324 e. The lowest BCUT2D eigenvalue weighted by molar-refractivity contribution is 0.262. The summed E-state index contributed by atoms with van der Waals surface area (Å²) in [5.74, 6) is 1.15. The molecule has 0 unspecified atom stereocenters. The van der Waals surface area contributed by atoms with Gasteiger partial charge in [0.1, 0.15) is 0 Å². The van der Waals surface area contributed by atoms with Gasteiger partial charge >= 0.3 is 6.03 Å². The first-order chi connectivity index (χ1) is 18.3. The normalized spacial score (nSPS) is 17.4. The van der Waals surface area contributed by atoms with E-state index in [-0.39, 0.29) is 6.03 Å². The molecule has 5 rings (SSSR count). The van der Waals surface area contributed by atoms with Gasteiger partial charge < -0.3 is 16.4 Å². The van der Waals surface area contributed by atoms with Crippen molar-refractivity contribution < 1.29 is 4.79 Å². The van der Waals surface area contributed by atoms with Crippen LogP contribution in [0.4, 0.5) is 22.2 Å². The molecule has 2 aromatic heterocycles. The van der Waals surface area contributed by atoms with Crippen molar-refractivity contribution in [2.45, 2.75) is 65.0 Å². The highest BCUT2D eigenvalue weighted by atomic mass is 16.2. The van der Waals surface area contributed by atoms with Crippen LogP contribution >= 0.6 is 0 Å². The van der Waals surface area contributed by atoms with Gasteiger partial charge in [-0.2, -0.15) is 5.10 Å². The molecule has 1 aliphatic carbocycles. The summed E-state index contributed by atoms with van der Waals surface area (Å²) in [7, 11) is 1.87. The van der Waals surface area contributed by atoms with Gasteiger partial charge in [-0.1, -0.05) is 13.0 Å². The Bertz CT molecular complexity index is 1450. The number of rotatable bonds is 6. The second-order valence-corrected chi connectivity index (χ2v) is 10.4. The lowest BCUT2D eigenvalue weighted by Gasteiger charge is -2.26. The van der Waals surface area contributed by atoms with Crippen LogP contribution in [0.25, 0.3) is 22.2 Å². The lowest BCUT2D eigenvalue weighted by atomic mass is 9.92. The summed E-state index contributed by atoms with van der Waals surface area (Å²) in [6, 6.07) is 12.4. The fraction of sp³-hybridized carbons (Fsp3) is 0.379. The van der Waals surface area contributed by atoms with Crippen LogP contribution in [-0.4, -0.2) is 37.9 Å². The minimum Gasteiger partial charge on any atom is -0.351 e. The van der Waals surface area contributed by atoms with Crippen LogP contribution in [0.5, 0.6) is 0 Å². The molecule has 9 heteroatoms. The molecule has 1 fully saturated rings. The zero-order valence-corrected chi connectivity index (χ0v) is 22.5. The molecule has 0 aliphatic heterocycles. The minimum absolute atomic E-state index is 0.310.